The average Bonchev–Trinajstić information content (AvgIpc) is 3.50. The smallest absolute Gasteiger partial charge is 0.325 e. The third kappa shape index (κ3) is 14.5. The summed E-state index contributed by atoms with van der Waals surface area (Å²) in [6.45, 7) is 8.57. The number of nitrogens with two attached hydrogens (primary N) is 1. The molecule has 1 aliphatic rings. The van der Waals surface area contributed by atoms with Gasteiger partial charge in [-0.2, -0.15) is 0 Å². The van der Waals surface area contributed by atoms with Crippen LogP contribution in [0.15, 0.2) is 24.3 Å². The number of benzene rings is 1. The van der Waals surface area contributed by atoms with Crippen LogP contribution in [0.25, 0.3) is 0 Å². The van der Waals surface area contributed by atoms with Gasteiger partial charge in [0.1, 0.15) is 5.75 Å². The molecule has 246 valence electrons. The van der Waals surface area contributed by atoms with Crippen LogP contribution in [-0.4, -0.2) is 66.6 Å². The van der Waals surface area contributed by atoms with E-state index in [0.717, 1.165) is 70.0 Å². The normalized spacial score (nSPS) is 15.2. The standard InChI is InChI=1S/C34H54N4O6/c1-4-6-8-14-32(41)37-29(22-26-15-17-27(18-16-26)44-33(42)24-38-20-11-12-21-38)30(39)23-28(25(3)5-2)34(43)36-19-10-7-9-13-31(35)40/h15-18,25,28-29H,4-14,19-24H2,1-3H3,(H2,35,40)(H,36,43)(H,37,41)/t25-,28-,29-/m0/s1. The van der Waals surface area contributed by atoms with E-state index in [-0.39, 0.29) is 54.8 Å². The lowest BCUT2D eigenvalue weighted by molar-refractivity contribution is -0.135. The maximum Gasteiger partial charge on any atom is 0.325 e. The Balaban J connectivity index is 2.05. The molecule has 10 nitrogen and oxygen atoms in total. The first kappa shape index (κ1) is 36.9. The zero-order valence-electron chi connectivity index (χ0n) is 27.0. The number of esters is 1. The van der Waals surface area contributed by atoms with Gasteiger partial charge in [-0.25, -0.2) is 0 Å². The second-order valence-electron chi connectivity index (χ2n) is 12.1. The molecule has 3 amide bonds. The third-order valence-electron chi connectivity index (χ3n) is 8.37. The summed E-state index contributed by atoms with van der Waals surface area (Å²) in [5.41, 5.74) is 6.00. The van der Waals surface area contributed by atoms with Crippen molar-refractivity contribution in [2.75, 3.05) is 26.2 Å². The fraction of sp³-hybridized carbons (Fsp3) is 0.676. The van der Waals surface area contributed by atoms with Gasteiger partial charge < -0.3 is 21.1 Å². The van der Waals surface area contributed by atoms with Gasteiger partial charge in [0.25, 0.3) is 0 Å². The highest BCUT2D eigenvalue weighted by Crippen LogP contribution is 2.22. The second-order valence-corrected chi connectivity index (χ2v) is 12.1. The quantitative estimate of drug-likeness (QED) is 0.101. The predicted molar refractivity (Wildman–Crippen MR) is 171 cm³/mol. The number of likely N-dealkylation sites (tertiary alicyclic amines) is 1. The van der Waals surface area contributed by atoms with Crippen molar-refractivity contribution < 1.29 is 28.7 Å². The molecule has 10 heteroatoms. The summed E-state index contributed by atoms with van der Waals surface area (Å²) in [5, 5.41) is 5.90. The van der Waals surface area contributed by atoms with Gasteiger partial charge in [-0.1, -0.05) is 58.6 Å². The summed E-state index contributed by atoms with van der Waals surface area (Å²) < 4.78 is 5.50. The van der Waals surface area contributed by atoms with Crippen molar-refractivity contribution in [3.8, 4) is 5.75 Å². The molecule has 1 aliphatic heterocycles. The van der Waals surface area contributed by atoms with Crippen LogP contribution in [0.5, 0.6) is 5.75 Å². The molecule has 0 unspecified atom stereocenters. The number of ketones is 1. The number of hydrogen-bond acceptors (Lipinski definition) is 7. The number of nitrogens with zero attached hydrogens (tertiary/aromatic N) is 1. The molecule has 0 aliphatic carbocycles. The van der Waals surface area contributed by atoms with Crippen molar-refractivity contribution in [3.63, 3.8) is 0 Å². The van der Waals surface area contributed by atoms with E-state index in [0.29, 0.717) is 31.6 Å². The Morgan fingerprint density at radius 2 is 1.61 bits per heavy atom. The monoisotopic (exact) mass is 614 g/mol. The summed E-state index contributed by atoms with van der Waals surface area (Å²) in [7, 11) is 0. The van der Waals surface area contributed by atoms with Gasteiger partial charge in [0.2, 0.25) is 17.7 Å². The number of primary amides is 1. The highest BCUT2D eigenvalue weighted by atomic mass is 16.5. The van der Waals surface area contributed by atoms with Crippen molar-refractivity contribution in [1.82, 2.24) is 15.5 Å². The summed E-state index contributed by atoms with van der Waals surface area (Å²) in [5.74, 6) is -1.26. The van der Waals surface area contributed by atoms with Crippen molar-refractivity contribution in [1.29, 1.82) is 0 Å². The molecule has 2 rings (SSSR count). The molecule has 1 heterocycles. The lowest BCUT2D eigenvalue weighted by Crippen LogP contribution is -2.45. The third-order valence-corrected chi connectivity index (χ3v) is 8.37. The molecule has 0 saturated carbocycles. The van der Waals surface area contributed by atoms with Crippen molar-refractivity contribution in [2.24, 2.45) is 17.6 Å². The molecule has 0 aromatic heterocycles. The lowest BCUT2D eigenvalue weighted by Gasteiger charge is -2.25. The Kier molecular flexibility index (Phi) is 17.3. The first-order chi connectivity index (χ1) is 21.1. The zero-order chi connectivity index (χ0) is 32.3. The number of rotatable bonds is 22. The van der Waals surface area contributed by atoms with Crippen LogP contribution in [0.4, 0.5) is 0 Å². The number of Topliss-reactive ketones (excluding diaryl/α,β-unsaturated/α-hetero) is 1. The molecule has 44 heavy (non-hydrogen) atoms. The largest absolute Gasteiger partial charge is 0.426 e. The average molecular weight is 615 g/mol. The number of nitrogens with one attached hydrogen (secondary N) is 2. The van der Waals surface area contributed by atoms with E-state index in [1.165, 1.54) is 0 Å². The summed E-state index contributed by atoms with van der Waals surface area (Å²) in [6.07, 6.45) is 8.74. The summed E-state index contributed by atoms with van der Waals surface area (Å²) >= 11 is 0. The number of carbonyl (C=O) groups is 5. The first-order valence-electron chi connectivity index (χ1n) is 16.5. The van der Waals surface area contributed by atoms with Gasteiger partial charge in [-0.3, -0.25) is 28.9 Å². The maximum absolute atomic E-state index is 13.7. The maximum atomic E-state index is 13.7. The van der Waals surface area contributed by atoms with E-state index >= 15 is 0 Å². The molecule has 3 atom stereocenters. The molecule has 1 saturated heterocycles. The van der Waals surface area contributed by atoms with E-state index in [2.05, 4.69) is 22.5 Å². The lowest BCUT2D eigenvalue weighted by atomic mass is 9.84. The fourth-order valence-corrected chi connectivity index (χ4v) is 5.40. The van der Waals surface area contributed by atoms with Crippen molar-refractivity contribution >= 4 is 29.5 Å². The molecule has 0 spiro atoms. The summed E-state index contributed by atoms with van der Waals surface area (Å²) in [4.78, 5) is 65.0. The van der Waals surface area contributed by atoms with E-state index in [1.807, 2.05) is 13.8 Å². The molecule has 1 aromatic carbocycles. The minimum absolute atomic E-state index is 0.0224. The molecule has 4 N–H and O–H groups in total. The van der Waals surface area contributed by atoms with Crippen LogP contribution in [0.2, 0.25) is 0 Å². The minimum atomic E-state index is -0.777. The van der Waals surface area contributed by atoms with E-state index in [9.17, 15) is 24.0 Å². The second kappa shape index (κ2) is 20.6. The van der Waals surface area contributed by atoms with Crippen LogP contribution in [-0.2, 0) is 30.4 Å². The Labute approximate surface area is 263 Å². The molecule has 0 radical (unpaired) electrons. The first-order valence-corrected chi connectivity index (χ1v) is 16.5. The van der Waals surface area contributed by atoms with Gasteiger partial charge in [0.05, 0.1) is 12.6 Å². The van der Waals surface area contributed by atoms with Crippen molar-refractivity contribution in [2.45, 2.75) is 110 Å². The molecular formula is C34H54N4O6. The predicted octanol–water partition coefficient (Wildman–Crippen LogP) is 4.08. The van der Waals surface area contributed by atoms with Crippen LogP contribution < -0.4 is 21.1 Å². The Hall–Kier alpha value is -3.27. The van der Waals surface area contributed by atoms with Crippen LogP contribution in [0.1, 0.15) is 103 Å². The van der Waals surface area contributed by atoms with Crippen molar-refractivity contribution in [3.05, 3.63) is 29.8 Å². The van der Waals surface area contributed by atoms with E-state index in [1.54, 1.807) is 24.3 Å². The van der Waals surface area contributed by atoms with Gasteiger partial charge in [0.15, 0.2) is 5.78 Å². The zero-order valence-corrected chi connectivity index (χ0v) is 27.0. The van der Waals surface area contributed by atoms with Gasteiger partial charge in [-0.05, 0) is 75.2 Å². The van der Waals surface area contributed by atoms with Crippen LogP contribution >= 0.6 is 0 Å². The van der Waals surface area contributed by atoms with E-state index in [4.69, 9.17) is 10.5 Å². The highest BCUT2D eigenvalue weighted by Gasteiger charge is 2.30. The topological polar surface area (TPSA) is 148 Å². The fourth-order valence-electron chi connectivity index (χ4n) is 5.40. The number of hydrogen-bond donors (Lipinski definition) is 3. The van der Waals surface area contributed by atoms with E-state index < -0.39 is 12.0 Å². The summed E-state index contributed by atoms with van der Waals surface area (Å²) in [6, 6.07) is 6.25. The molecule has 1 fully saturated rings. The van der Waals surface area contributed by atoms with Crippen LogP contribution in [0.3, 0.4) is 0 Å². The number of ether oxygens (including phenoxy) is 1. The van der Waals surface area contributed by atoms with Gasteiger partial charge >= 0.3 is 5.97 Å². The number of amides is 3. The number of carbonyl (C=O) groups excluding carboxylic acids is 5. The molecular weight excluding hydrogens is 560 g/mol. The highest BCUT2D eigenvalue weighted by molar-refractivity contribution is 5.92. The van der Waals surface area contributed by atoms with Crippen LogP contribution in [0, 0.1) is 11.8 Å². The Morgan fingerprint density at radius 1 is 0.932 bits per heavy atom. The Bertz CT molecular complexity index is 1050. The minimum Gasteiger partial charge on any atom is -0.426 e. The number of unbranched alkanes of at least 4 members (excludes halogenated alkanes) is 4. The Morgan fingerprint density at radius 3 is 2.25 bits per heavy atom. The molecule has 0 bridgehead atoms. The van der Waals surface area contributed by atoms with Gasteiger partial charge in [-0.15, -0.1) is 0 Å². The SMILES string of the molecule is CCCCCC(=O)N[C@@H](Cc1ccc(OC(=O)CN2CCCC2)cc1)C(=O)C[C@H](C(=O)NCCCCCC(N)=O)[C@@H](C)CC. The van der Waals surface area contributed by atoms with Gasteiger partial charge in [0, 0.05) is 31.7 Å². The molecule has 1 aromatic rings.